The zero-order valence-electron chi connectivity index (χ0n) is 32.4. The highest BCUT2D eigenvalue weighted by Crippen LogP contribution is 2.47. The SMILES string of the molecule is CC[C@H]1C[C@]1(NC(=O)[C@@H]1C[C@@H]2CN1C(=O)[C@H](C1CCCCC1)NC(=O)OCC(C)(C)CCCCc1cccc3c1CN(C3)C(=O)O2)C(=O)NS(=O)(=O)C1CC1. The molecule has 6 aliphatic rings. The van der Waals surface area contributed by atoms with E-state index in [4.69, 9.17) is 9.47 Å². The first-order valence-corrected chi connectivity index (χ1v) is 21.9. The van der Waals surface area contributed by atoms with E-state index in [0.29, 0.717) is 45.2 Å². The molecule has 14 nitrogen and oxygen atoms in total. The molecule has 0 unspecified atom stereocenters. The molecule has 15 heteroatoms. The largest absolute Gasteiger partial charge is 0.449 e. The van der Waals surface area contributed by atoms with Gasteiger partial charge in [-0.25, -0.2) is 18.0 Å². The van der Waals surface area contributed by atoms with Gasteiger partial charge in [0.2, 0.25) is 21.8 Å². The van der Waals surface area contributed by atoms with Crippen molar-refractivity contribution in [2.45, 2.75) is 153 Å². The molecule has 0 aromatic heterocycles. The number of cyclic esters (lactones) is 1. The summed E-state index contributed by atoms with van der Waals surface area (Å²) < 4.78 is 39.6. The number of rotatable bonds is 7. The van der Waals surface area contributed by atoms with E-state index in [0.717, 1.165) is 56.1 Å². The molecule has 3 aliphatic heterocycles. The Balaban J connectivity index is 1.17. The molecular weight excluding hydrogens is 727 g/mol. The molecule has 1 aromatic rings. The van der Waals surface area contributed by atoms with Crippen LogP contribution in [0.15, 0.2) is 18.2 Å². The van der Waals surface area contributed by atoms with Gasteiger partial charge in [0.25, 0.3) is 5.91 Å². The van der Waals surface area contributed by atoms with E-state index in [1.54, 1.807) is 4.90 Å². The number of nitrogens with one attached hydrogen (secondary N) is 3. The zero-order chi connectivity index (χ0) is 39.1. The number of alkyl carbamates (subject to hydrolysis) is 1. The van der Waals surface area contributed by atoms with Gasteiger partial charge in [0.15, 0.2) is 0 Å². The van der Waals surface area contributed by atoms with Crippen molar-refractivity contribution >= 4 is 39.9 Å². The highest BCUT2D eigenvalue weighted by molar-refractivity contribution is 7.91. The quantitative estimate of drug-likeness (QED) is 0.361. The van der Waals surface area contributed by atoms with E-state index in [1.165, 1.54) is 10.5 Å². The van der Waals surface area contributed by atoms with Crippen LogP contribution in [-0.4, -0.2) is 90.3 Å². The Labute approximate surface area is 324 Å². The first-order chi connectivity index (χ1) is 26.2. The number of carbonyl (C=O) groups excluding carboxylic acids is 5. The number of nitrogens with zero attached hydrogens (tertiary/aromatic N) is 2. The number of hydrogen-bond donors (Lipinski definition) is 3. The Morgan fingerprint density at radius 1 is 0.982 bits per heavy atom. The lowest BCUT2D eigenvalue weighted by atomic mass is 9.83. The third kappa shape index (κ3) is 8.61. The summed E-state index contributed by atoms with van der Waals surface area (Å²) in [5.41, 5.74) is 1.62. The van der Waals surface area contributed by atoms with Gasteiger partial charge in [0.1, 0.15) is 23.7 Å². The summed E-state index contributed by atoms with van der Waals surface area (Å²) >= 11 is 0. The van der Waals surface area contributed by atoms with Crippen molar-refractivity contribution in [3.8, 4) is 0 Å². The number of benzene rings is 1. The number of ether oxygens (including phenoxy) is 2. The van der Waals surface area contributed by atoms with Crippen LogP contribution in [0.3, 0.4) is 0 Å². The molecule has 302 valence electrons. The maximum absolute atomic E-state index is 14.8. The van der Waals surface area contributed by atoms with Crippen molar-refractivity contribution < 1.29 is 41.9 Å². The van der Waals surface area contributed by atoms with Crippen LogP contribution in [0, 0.1) is 17.3 Å². The van der Waals surface area contributed by atoms with Crippen LogP contribution in [0.1, 0.15) is 121 Å². The van der Waals surface area contributed by atoms with Gasteiger partial charge in [-0.1, -0.05) is 71.1 Å². The molecule has 5 atom stereocenters. The van der Waals surface area contributed by atoms with Gasteiger partial charge in [-0.15, -0.1) is 0 Å². The van der Waals surface area contributed by atoms with Crippen LogP contribution in [0.5, 0.6) is 0 Å². The number of carbonyl (C=O) groups is 5. The third-order valence-corrected chi connectivity index (χ3v) is 14.6. The lowest BCUT2D eigenvalue weighted by Gasteiger charge is -2.35. The number of sulfonamides is 1. The number of aryl methyl sites for hydroxylation is 1. The second-order valence-corrected chi connectivity index (χ2v) is 19.5. The van der Waals surface area contributed by atoms with Crippen molar-refractivity contribution in [1.29, 1.82) is 0 Å². The maximum atomic E-state index is 14.8. The van der Waals surface area contributed by atoms with E-state index < -0.39 is 68.9 Å². The standard InChI is InChI=1S/C40H57N5O9S/c1-4-28-20-40(28,36(48)43-55(51,52)30-16-17-30)42-34(46)32-19-29-22-45(32)35(47)33(26-12-6-5-7-13-26)41-37(49)53-24-39(2,3)18-9-8-11-25-14-10-15-27-21-44(23-31(25)27)38(50)54-29/h10,14-15,26,28-30,32-33H,4-9,11-13,16-24H2,1-3H3,(H,41,49)(H,42,46)(H,43,48)/t28-,29+,32-,33-,40+/m0/s1. The molecule has 1 saturated heterocycles. The topological polar surface area (TPSA) is 181 Å². The highest BCUT2D eigenvalue weighted by Gasteiger charge is 2.62. The van der Waals surface area contributed by atoms with Crippen LogP contribution in [0.4, 0.5) is 9.59 Å². The summed E-state index contributed by atoms with van der Waals surface area (Å²) in [5, 5.41) is 5.13. The first-order valence-electron chi connectivity index (χ1n) is 20.4. The highest BCUT2D eigenvalue weighted by atomic mass is 32.2. The minimum Gasteiger partial charge on any atom is -0.449 e. The number of fused-ring (bicyclic) bond motifs is 3. The second kappa shape index (κ2) is 15.6. The lowest BCUT2D eigenvalue weighted by molar-refractivity contribution is -0.142. The predicted molar refractivity (Wildman–Crippen MR) is 202 cm³/mol. The van der Waals surface area contributed by atoms with Gasteiger partial charge in [-0.2, -0.15) is 0 Å². The molecule has 3 heterocycles. The molecule has 4 bridgehead atoms. The van der Waals surface area contributed by atoms with Crippen LogP contribution < -0.4 is 15.4 Å². The average molecular weight is 784 g/mol. The van der Waals surface area contributed by atoms with Crippen molar-refractivity contribution in [3.05, 3.63) is 34.9 Å². The molecule has 4 fully saturated rings. The van der Waals surface area contributed by atoms with Gasteiger partial charge in [-0.05, 0) is 85.3 Å². The van der Waals surface area contributed by atoms with E-state index in [-0.39, 0.29) is 43.2 Å². The summed E-state index contributed by atoms with van der Waals surface area (Å²) in [6.07, 6.45) is 7.38. The minimum atomic E-state index is -3.87. The van der Waals surface area contributed by atoms with Gasteiger partial charge in [0, 0.05) is 19.5 Å². The van der Waals surface area contributed by atoms with Crippen LogP contribution in [0.2, 0.25) is 0 Å². The van der Waals surface area contributed by atoms with Crippen LogP contribution in [0.25, 0.3) is 0 Å². The maximum Gasteiger partial charge on any atom is 0.410 e. The summed E-state index contributed by atoms with van der Waals surface area (Å²) in [5.74, 6) is -2.38. The molecule has 7 rings (SSSR count). The Morgan fingerprint density at radius 3 is 2.44 bits per heavy atom. The minimum absolute atomic E-state index is 0.0275. The summed E-state index contributed by atoms with van der Waals surface area (Å²) in [6, 6.07) is 4.01. The molecule has 1 aromatic carbocycles. The second-order valence-electron chi connectivity index (χ2n) is 17.6. The first kappa shape index (κ1) is 39.4. The molecule has 0 spiro atoms. The molecule has 3 saturated carbocycles. The smallest absolute Gasteiger partial charge is 0.410 e. The van der Waals surface area contributed by atoms with Gasteiger partial charge in [-0.3, -0.25) is 24.0 Å². The van der Waals surface area contributed by atoms with Crippen molar-refractivity contribution in [2.75, 3.05) is 13.2 Å². The summed E-state index contributed by atoms with van der Waals surface area (Å²) in [4.78, 5) is 72.9. The Morgan fingerprint density at radius 2 is 1.73 bits per heavy atom. The average Bonchev–Trinajstić information content (AvgIpc) is 4.05. The fourth-order valence-electron chi connectivity index (χ4n) is 9.19. The van der Waals surface area contributed by atoms with Gasteiger partial charge >= 0.3 is 12.2 Å². The van der Waals surface area contributed by atoms with Gasteiger partial charge in [0.05, 0.1) is 18.4 Å². The Kier molecular flexibility index (Phi) is 11.1. The number of amides is 5. The van der Waals surface area contributed by atoms with Crippen molar-refractivity contribution in [2.24, 2.45) is 17.3 Å². The summed E-state index contributed by atoms with van der Waals surface area (Å²) in [7, 11) is -3.87. The van der Waals surface area contributed by atoms with E-state index >= 15 is 0 Å². The molecule has 5 amide bonds. The third-order valence-electron chi connectivity index (χ3n) is 12.8. The fraction of sp³-hybridized carbons (Fsp3) is 0.725. The van der Waals surface area contributed by atoms with Crippen molar-refractivity contribution in [1.82, 2.24) is 25.2 Å². The summed E-state index contributed by atoms with van der Waals surface area (Å²) in [6.45, 7) is 6.86. The Hall–Kier alpha value is -3.88. The monoisotopic (exact) mass is 783 g/mol. The predicted octanol–water partition coefficient (Wildman–Crippen LogP) is 4.43. The van der Waals surface area contributed by atoms with Crippen molar-refractivity contribution in [3.63, 3.8) is 0 Å². The van der Waals surface area contributed by atoms with Crippen LogP contribution >= 0.6 is 0 Å². The lowest BCUT2D eigenvalue weighted by Crippen LogP contribution is -2.59. The fourth-order valence-corrected chi connectivity index (χ4v) is 10.6. The molecule has 3 N–H and O–H groups in total. The Bertz CT molecular complexity index is 1790. The molecule has 55 heavy (non-hydrogen) atoms. The van der Waals surface area contributed by atoms with E-state index in [1.807, 2.05) is 19.1 Å². The van der Waals surface area contributed by atoms with Gasteiger partial charge < -0.3 is 25.0 Å². The van der Waals surface area contributed by atoms with Crippen LogP contribution in [-0.2, 0) is 53.4 Å². The molecule has 0 radical (unpaired) electrons. The van der Waals surface area contributed by atoms with E-state index in [2.05, 4.69) is 35.3 Å². The molecule has 3 aliphatic carbocycles. The molecular formula is C40H57N5O9S. The normalized spacial score (nSPS) is 30.5. The van der Waals surface area contributed by atoms with E-state index in [9.17, 15) is 32.4 Å². The zero-order valence-corrected chi connectivity index (χ0v) is 33.2. The number of hydrogen-bond acceptors (Lipinski definition) is 9.